The zero-order valence-electron chi connectivity index (χ0n) is 35.2. The van der Waals surface area contributed by atoms with E-state index in [0.29, 0.717) is 46.2 Å². The van der Waals surface area contributed by atoms with Gasteiger partial charge >= 0.3 is 6.03 Å². The highest BCUT2D eigenvalue weighted by Crippen LogP contribution is 2.39. The lowest BCUT2D eigenvalue weighted by Crippen LogP contribution is -2.49. The maximum Gasteiger partial charge on any atom is 0.325 e. The minimum Gasteiger partial charge on any atom is -0.487 e. The molecular weight excluding hydrogens is 857 g/mol. The summed E-state index contributed by atoms with van der Waals surface area (Å²) in [6, 6.07) is 23.9. The minimum atomic E-state index is -0.864. The van der Waals surface area contributed by atoms with E-state index in [1.807, 2.05) is 0 Å². The number of nitro groups is 3. The molecule has 0 saturated carbocycles. The van der Waals surface area contributed by atoms with E-state index in [0.717, 1.165) is 16.7 Å². The highest BCUT2D eigenvalue weighted by atomic mass is 16.6. The number of allylic oxidation sites excluding steroid dienone is 1. The molecule has 0 bridgehead atoms. The summed E-state index contributed by atoms with van der Waals surface area (Å²) in [5.41, 5.74) is 4.95. The standard InChI is InChI=1S/C43H38N14O9/c1-28-41(29(2)58)42(33-9-17-40(18-10-33)66-27-36-24-52(49-46-36)21-32-7-15-39(16-8-32)57(64)65)54(26-35-23-51(48-45-35)20-31-5-13-38(14-6-31)56(62)63)43(59)53(28)25-34-22-50(47-44-34)19-30-3-11-37(12-4-30)55(60)61/h3-18,22-24,42H,19-21,25-27H2,1-2H3. The van der Waals surface area contributed by atoms with Crippen LogP contribution in [0.2, 0.25) is 0 Å². The maximum absolute atomic E-state index is 14.8. The SMILES string of the molecule is CC(=O)C1=C(C)N(Cc2cn(Cc3ccc([N+](=O)[O-])cc3)nn2)C(=O)N(Cc2cn(Cc3ccc([N+](=O)[O-])cc3)nn2)C1c1ccc(OCc2cn(Cc3ccc([N+](=O)[O-])cc3)nn2)cc1. The van der Waals surface area contributed by atoms with E-state index >= 15 is 0 Å². The number of Topliss-reactive ketones (excluding diaryl/α,β-unsaturated/α-hetero) is 1. The summed E-state index contributed by atoms with van der Waals surface area (Å²) in [6.45, 7) is 3.97. The Labute approximate surface area is 373 Å². The Kier molecular flexibility index (Phi) is 12.4. The number of hydrogen-bond acceptors (Lipinski definition) is 15. The van der Waals surface area contributed by atoms with E-state index in [4.69, 9.17) is 4.74 Å². The molecule has 1 aliphatic rings. The van der Waals surface area contributed by atoms with Gasteiger partial charge in [0.25, 0.3) is 17.1 Å². The first kappa shape index (κ1) is 43.6. The molecule has 2 amide bonds. The van der Waals surface area contributed by atoms with Crippen LogP contribution in [0.1, 0.15) is 59.2 Å². The third kappa shape index (κ3) is 9.94. The molecule has 4 heterocycles. The smallest absolute Gasteiger partial charge is 0.325 e. The molecule has 8 rings (SSSR count). The van der Waals surface area contributed by atoms with Gasteiger partial charge in [0.15, 0.2) is 5.78 Å². The lowest BCUT2D eigenvalue weighted by molar-refractivity contribution is -0.385. The van der Waals surface area contributed by atoms with Crippen molar-refractivity contribution in [2.24, 2.45) is 0 Å². The third-order valence-corrected chi connectivity index (χ3v) is 10.7. The number of carbonyl (C=O) groups is 2. The summed E-state index contributed by atoms with van der Waals surface area (Å²) >= 11 is 0. The average molecular weight is 895 g/mol. The zero-order valence-corrected chi connectivity index (χ0v) is 35.2. The van der Waals surface area contributed by atoms with Crippen molar-refractivity contribution in [3.8, 4) is 5.75 Å². The molecule has 66 heavy (non-hydrogen) atoms. The normalized spacial score (nSPS) is 13.8. The first-order valence-electron chi connectivity index (χ1n) is 20.2. The predicted molar refractivity (Wildman–Crippen MR) is 230 cm³/mol. The molecule has 7 aromatic rings. The molecule has 334 valence electrons. The number of benzene rings is 4. The highest BCUT2D eigenvalue weighted by molar-refractivity contribution is 5.98. The largest absolute Gasteiger partial charge is 0.487 e. The first-order valence-corrected chi connectivity index (χ1v) is 20.2. The number of rotatable bonds is 18. The van der Waals surface area contributed by atoms with E-state index in [1.54, 1.807) is 100 Å². The van der Waals surface area contributed by atoms with Crippen LogP contribution in [-0.4, -0.2) is 81.4 Å². The van der Waals surface area contributed by atoms with Crippen LogP contribution >= 0.6 is 0 Å². The van der Waals surface area contributed by atoms with Crippen LogP contribution in [0.15, 0.2) is 127 Å². The number of non-ortho nitro benzene ring substituents is 3. The summed E-state index contributed by atoms with van der Waals surface area (Å²) < 4.78 is 10.7. The number of ether oxygens (including phenoxy) is 1. The van der Waals surface area contributed by atoms with Crippen LogP contribution < -0.4 is 4.74 Å². The molecule has 23 heteroatoms. The van der Waals surface area contributed by atoms with E-state index in [1.165, 1.54) is 53.1 Å². The number of amides is 2. The van der Waals surface area contributed by atoms with Gasteiger partial charge in [0.05, 0.1) is 72.1 Å². The fraction of sp³-hybridized carbons (Fsp3) is 0.209. The molecule has 0 fully saturated rings. The number of hydrogen-bond donors (Lipinski definition) is 0. The van der Waals surface area contributed by atoms with Gasteiger partial charge < -0.3 is 9.64 Å². The van der Waals surface area contributed by atoms with Crippen LogP contribution in [0.25, 0.3) is 0 Å². The molecule has 4 aromatic carbocycles. The molecule has 0 saturated heterocycles. The Bertz CT molecular complexity index is 2960. The Morgan fingerprint density at radius 2 is 1.00 bits per heavy atom. The topological polar surface area (TPSA) is 271 Å². The van der Waals surface area contributed by atoms with Crippen LogP contribution in [-0.2, 0) is 44.1 Å². The van der Waals surface area contributed by atoms with Crippen LogP contribution in [0.4, 0.5) is 21.9 Å². The Balaban J connectivity index is 1.03. The number of ketones is 1. The number of aromatic nitrogens is 9. The fourth-order valence-electron chi connectivity index (χ4n) is 7.48. The summed E-state index contributed by atoms with van der Waals surface area (Å²) in [7, 11) is 0. The summed E-state index contributed by atoms with van der Waals surface area (Å²) in [6.07, 6.45) is 5.03. The van der Waals surface area contributed by atoms with Gasteiger partial charge in [-0.15, -0.1) is 15.3 Å². The highest BCUT2D eigenvalue weighted by Gasteiger charge is 2.41. The number of carbonyl (C=O) groups excluding carboxylic acids is 2. The number of nitro benzene ring substituents is 3. The van der Waals surface area contributed by atoms with Crippen molar-refractivity contribution >= 4 is 28.9 Å². The van der Waals surface area contributed by atoms with Crippen LogP contribution in [0, 0.1) is 30.3 Å². The van der Waals surface area contributed by atoms with Crippen LogP contribution in [0.3, 0.4) is 0 Å². The number of nitrogens with zero attached hydrogens (tertiary/aromatic N) is 14. The van der Waals surface area contributed by atoms with Crippen molar-refractivity contribution in [2.45, 2.75) is 59.2 Å². The molecule has 1 unspecified atom stereocenters. The van der Waals surface area contributed by atoms with Gasteiger partial charge in [-0.25, -0.2) is 18.8 Å². The lowest BCUT2D eigenvalue weighted by atomic mass is 9.90. The molecule has 0 aliphatic carbocycles. The van der Waals surface area contributed by atoms with Crippen molar-refractivity contribution in [2.75, 3.05) is 0 Å². The third-order valence-electron chi connectivity index (χ3n) is 10.7. The monoisotopic (exact) mass is 894 g/mol. The second-order valence-corrected chi connectivity index (χ2v) is 15.3. The lowest BCUT2D eigenvalue weighted by Gasteiger charge is -2.42. The zero-order chi connectivity index (χ0) is 46.5. The second kappa shape index (κ2) is 18.8. The summed E-state index contributed by atoms with van der Waals surface area (Å²) in [4.78, 5) is 63.3. The molecule has 1 aliphatic heterocycles. The molecule has 0 spiro atoms. The Morgan fingerprint density at radius 1 is 0.591 bits per heavy atom. The van der Waals surface area contributed by atoms with E-state index < -0.39 is 26.8 Å². The first-order chi connectivity index (χ1) is 31.8. The van der Waals surface area contributed by atoms with Crippen molar-refractivity contribution in [3.63, 3.8) is 0 Å². The second-order valence-electron chi connectivity index (χ2n) is 15.3. The van der Waals surface area contributed by atoms with Crippen molar-refractivity contribution in [1.29, 1.82) is 0 Å². The molecule has 3 aromatic heterocycles. The van der Waals surface area contributed by atoms with Gasteiger partial charge in [0, 0.05) is 47.7 Å². The van der Waals surface area contributed by atoms with Crippen LogP contribution in [0.5, 0.6) is 5.75 Å². The fourth-order valence-corrected chi connectivity index (χ4v) is 7.48. The van der Waals surface area contributed by atoms with Gasteiger partial charge in [0.1, 0.15) is 29.4 Å². The van der Waals surface area contributed by atoms with Gasteiger partial charge in [-0.1, -0.05) is 64.2 Å². The van der Waals surface area contributed by atoms with E-state index in [2.05, 4.69) is 30.9 Å². The minimum absolute atomic E-state index is 0.00769. The molecular formula is C43H38N14O9. The average Bonchev–Trinajstić information content (AvgIpc) is 4.07. The molecule has 0 N–H and O–H groups in total. The number of urea groups is 1. The summed E-state index contributed by atoms with van der Waals surface area (Å²) in [5, 5.41) is 58.7. The Hall–Kier alpha value is -9.02. The molecule has 23 nitrogen and oxygen atoms in total. The van der Waals surface area contributed by atoms with Crippen molar-refractivity contribution in [3.05, 3.63) is 197 Å². The van der Waals surface area contributed by atoms with E-state index in [-0.39, 0.29) is 55.6 Å². The van der Waals surface area contributed by atoms with Gasteiger partial charge in [-0.3, -0.25) is 40.0 Å². The van der Waals surface area contributed by atoms with Crippen molar-refractivity contribution in [1.82, 2.24) is 54.8 Å². The molecule has 0 radical (unpaired) electrons. The molecule has 1 atom stereocenters. The maximum atomic E-state index is 14.8. The van der Waals surface area contributed by atoms with Gasteiger partial charge in [-0.2, -0.15) is 0 Å². The Morgan fingerprint density at radius 3 is 1.42 bits per heavy atom. The summed E-state index contributed by atoms with van der Waals surface area (Å²) in [5.74, 6) is 0.204. The quantitative estimate of drug-likeness (QED) is 0.0711. The van der Waals surface area contributed by atoms with Gasteiger partial charge in [0.2, 0.25) is 0 Å². The predicted octanol–water partition coefficient (Wildman–Crippen LogP) is 5.95. The van der Waals surface area contributed by atoms with Gasteiger partial charge in [-0.05, 0) is 48.2 Å². The van der Waals surface area contributed by atoms with E-state index in [9.17, 15) is 39.9 Å². The van der Waals surface area contributed by atoms with Crippen molar-refractivity contribution < 1.29 is 29.1 Å².